The summed E-state index contributed by atoms with van der Waals surface area (Å²) in [6.45, 7) is 2.08. The van der Waals surface area contributed by atoms with Crippen LogP contribution >= 0.6 is 11.6 Å². The van der Waals surface area contributed by atoms with Crippen molar-refractivity contribution in [3.8, 4) is 11.3 Å². The molecule has 0 amide bonds. The van der Waals surface area contributed by atoms with Crippen LogP contribution in [0.15, 0.2) is 48.5 Å². The van der Waals surface area contributed by atoms with Gasteiger partial charge >= 0.3 is 0 Å². The minimum Gasteiger partial charge on any atom is -0.353 e. The molecule has 84 valence electrons. The van der Waals surface area contributed by atoms with Gasteiger partial charge in [0.1, 0.15) is 0 Å². The molecule has 0 saturated carbocycles. The van der Waals surface area contributed by atoms with Crippen molar-refractivity contribution >= 4 is 22.5 Å². The van der Waals surface area contributed by atoms with Gasteiger partial charge in [0.25, 0.3) is 0 Å². The van der Waals surface area contributed by atoms with Crippen LogP contribution in [0.5, 0.6) is 0 Å². The van der Waals surface area contributed by atoms with Gasteiger partial charge in [-0.1, -0.05) is 54.1 Å². The number of aromatic nitrogens is 1. The summed E-state index contributed by atoms with van der Waals surface area (Å²) in [5.74, 6) is 0. The van der Waals surface area contributed by atoms with Gasteiger partial charge in [-0.3, -0.25) is 0 Å². The van der Waals surface area contributed by atoms with Gasteiger partial charge < -0.3 is 4.98 Å². The molecule has 17 heavy (non-hydrogen) atoms. The van der Waals surface area contributed by atoms with Crippen molar-refractivity contribution in [2.75, 3.05) is 0 Å². The van der Waals surface area contributed by atoms with E-state index in [1.54, 1.807) is 0 Å². The van der Waals surface area contributed by atoms with Gasteiger partial charge in [0, 0.05) is 10.9 Å². The highest BCUT2D eigenvalue weighted by Crippen LogP contribution is 2.35. The highest BCUT2D eigenvalue weighted by atomic mass is 35.5. The molecule has 0 saturated heterocycles. The molecule has 0 radical (unpaired) electrons. The standard InChI is InChI=1S/C15H12ClN/c1-10-6-5-9-12-13(10)14(16)15(17-12)11-7-3-2-4-8-11/h2-9,17H,1H3. The lowest BCUT2D eigenvalue weighted by Crippen LogP contribution is -1.76. The zero-order chi connectivity index (χ0) is 11.8. The number of nitrogens with one attached hydrogen (secondary N) is 1. The molecule has 0 fully saturated rings. The van der Waals surface area contributed by atoms with Crippen molar-refractivity contribution in [3.05, 3.63) is 59.1 Å². The molecule has 3 rings (SSSR count). The smallest absolute Gasteiger partial charge is 0.0742 e. The summed E-state index contributed by atoms with van der Waals surface area (Å²) in [6, 6.07) is 16.3. The van der Waals surface area contributed by atoms with Gasteiger partial charge in [0.15, 0.2) is 0 Å². The predicted octanol–water partition coefficient (Wildman–Crippen LogP) is 4.80. The molecule has 2 heteroatoms. The van der Waals surface area contributed by atoms with Gasteiger partial charge in [-0.25, -0.2) is 0 Å². The number of rotatable bonds is 1. The fraction of sp³-hybridized carbons (Fsp3) is 0.0667. The summed E-state index contributed by atoms with van der Waals surface area (Å²) < 4.78 is 0. The third kappa shape index (κ3) is 1.63. The van der Waals surface area contributed by atoms with Crippen LogP contribution in [0.2, 0.25) is 5.02 Å². The number of aromatic amines is 1. The number of hydrogen-bond donors (Lipinski definition) is 1. The third-order valence-corrected chi connectivity index (χ3v) is 3.41. The van der Waals surface area contributed by atoms with E-state index in [1.807, 2.05) is 24.3 Å². The fourth-order valence-electron chi connectivity index (χ4n) is 2.18. The van der Waals surface area contributed by atoms with E-state index in [9.17, 15) is 0 Å². The van der Waals surface area contributed by atoms with Gasteiger partial charge in [-0.05, 0) is 24.1 Å². The van der Waals surface area contributed by atoms with Crippen molar-refractivity contribution in [1.29, 1.82) is 0 Å². The number of hydrogen-bond acceptors (Lipinski definition) is 0. The quantitative estimate of drug-likeness (QED) is 0.630. The SMILES string of the molecule is Cc1cccc2[nH]c(-c3ccccc3)c(Cl)c12. The Kier molecular flexibility index (Phi) is 2.41. The van der Waals surface area contributed by atoms with Gasteiger partial charge in [-0.15, -0.1) is 0 Å². The van der Waals surface area contributed by atoms with E-state index >= 15 is 0 Å². The lowest BCUT2D eigenvalue weighted by atomic mass is 10.1. The largest absolute Gasteiger partial charge is 0.353 e. The minimum atomic E-state index is 0.810. The van der Waals surface area contributed by atoms with E-state index in [4.69, 9.17) is 11.6 Å². The normalized spacial score (nSPS) is 10.9. The maximum atomic E-state index is 6.47. The summed E-state index contributed by atoms with van der Waals surface area (Å²) in [4.78, 5) is 3.39. The van der Waals surface area contributed by atoms with Crippen LogP contribution in [0, 0.1) is 6.92 Å². The molecule has 0 aliphatic rings. The Balaban J connectivity index is 2.33. The summed E-state index contributed by atoms with van der Waals surface area (Å²) in [6.07, 6.45) is 0. The molecule has 0 unspecified atom stereocenters. The summed E-state index contributed by atoms with van der Waals surface area (Å²) in [5, 5.41) is 1.93. The minimum absolute atomic E-state index is 0.810. The van der Waals surface area contributed by atoms with Gasteiger partial charge in [0.2, 0.25) is 0 Å². The number of benzene rings is 2. The lowest BCUT2D eigenvalue weighted by Gasteiger charge is -1.98. The van der Waals surface area contributed by atoms with Crippen LogP contribution in [0.3, 0.4) is 0 Å². The third-order valence-electron chi connectivity index (χ3n) is 3.03. The fourth-order valence-corrected chi connectivity index (χ4v) is 2.59. The Hall–Kier alpha value is -1.73. The molecule has 0 bridgehead atoms. The maximum absolute atomic E-state index is 6.47. The first-order valence-corrected chi connectivity index (χ1v) is 5.97. The predicted molar refractivity (Wildman–Crippen MR) is 73.5 cm³/mol. The first-order chi connectivity index (χ1) is 8.27. The molecule has 0 aliphatic heterocycles. The van der Waals surface area contributed by atoms with E-state index in [2.05, 4.69) is 36.2 Å². The molecule has 3 aromatic rings. The van der Waals surface area contributed by atoms with Crippen molar-refractivity contribution < 1.29 is 0 Å². The zero-order valence-electron chi connectivity index (χ0n) is 9.50. The van der Waals surface area contributed by atoms with Crippen LogP contribution in [-0.2, 0) is 0 Å². The molecule has 1 N–H and O–H groups in total. The van der Waals surface area contributed by atoms with Gasteiger partial charge in [-0.2, -0.15) is 0 Å². The van der Waals surface area contributed by atoms with Crippen LogP contribution < -0.4 is 0 Å². The molecule has 1 aromatic heterocycles. The Morgan fingerprint density at radius 1 is 0.941 bits per heavy atom. The zero-order valence-corrected chi connectivity index (χ0v) is 10.3. The Morgan fingerprint density at radius 3 is 2.41 bits per heavy atom. The molecule has 0 aliphatic carbocycles. The van der Waals surface area contributed by atoms with E-state index in [0.717, 1.165) is 27.2 Å². The highest BCUT2D eigenvalue weighted by Gasteiger charge is 2.12. The Morgan fingerprint density at radius 2 is 1.71 bits per heavy atom. The molecule has 0 atom stereocenters. The van der Waals surface area contributed by atoms with Crippen LogP contribution in [0.1, 0.15) is 5.56 Å². The second kappa shape index (κ2) is 3.94. The van der Waals surface area contributed by atoms with Crippen molar-refractivity contribution in [2.45, 2.75) is 6.92 Å². The number of aryl methyl sites for hydroxylation is 1. The van der Waals surface area contributed by atoms with E-state index in [0.29, 0.717) is 0 Å². The van der Waals surface area contributed by atoms with Gasteiger partial charge in [0.05, 0.1) is 10.7 Å². The molecular weight excluding hydrogens is 230 g/mol. The topological polar surface area (TPSA) is 15.8 Å². The highest BCUT2D eigenvalue weighted by molar-refractivity contribution is 6.38. The number of halogens is 1. The van der Waals surface area contributed by atoms with Crippen LogP contribution in [0.4, 0.5) is 0 Å². The first kappa shape index (κ1) is 10.4. The van der Waals surface area contributed by atoms with E-state index in [-0.39, 0.29) is 0 Å². The summed E-state index contributed by atoms with van der Waals surface area (Å²) in [7, 11) is 0. The van der Waals surface area contributed by atoms with E-state index in [1.165, 1.54) is 5.56 Å². The average Bonchev–Trinajstić information content (AvgIpc) is 2.69. The Labute approximate surface area is 105 Å². The molecule has 0 spiro atoms. The Bertz CT molecular complexity index is 668. The average molecular weight is 242 g/mol. The first-order valence-electron chi connectivity index (χ1n) is 5.59. The van der Waals surface area contributed by atoms with Crippen LogP contribution in [0.25, 0.3) is 22.2 Å². The van der Waals surface area contributed by atoms with E-state index < -0.39 is 0 Å². The number of fused-ring (bicyclic) bond motifs is 1. The summed E-state index contributed by atoms with van der Waals surface area (Å²) in [5.41, 5.74) is 4.41. The van der Waals surface area contributed by atoms with Crippen molar-refractivity contribution in [2.24, 2.45) is 0 Å². The second-order valence-electron chi connectivity index (χ2n) is 4.18. The number of H-pyrrole nitrogens is 1. The molecule has 2 aromatic carbocycles. The molecular formula is C15H12ClN. The lowest BCUT2D eigenvalue weighted by molar-refractivity contribution is 1.45. The monoisotopic (exact) mass is 241 g/mol. The molecule has 1 nitrogen and oxygen atoms in total. The van der Waals surface area contributed by atoms with Crippen molar-refractivity contribution in [3.63, 3.8) is 0 Å². The van der Waals surface area contributed by atoms with Crippen molar-refractivity contribution in [1.82, 2.24) is 4.98 Å². The maximum Gasteiger partial charge on any atom is 0.0742 e. The van der Waals surface area contributed by atoms with Crippen LogP contribution in [-0.4, -0.2) is 4.98 Å². The molecule has 1 heterocycles. The second-order valence-corrected chi connectivity index (χ2v) is 4.56. The summed E-state index contributed by atoms with van der Waals surface area (Å²) >= 11 is 6.47.